The molecule has 0 saturated heterocycles. The predicted molar refractivity (Wildman–Crippen MR) is 64.2 cm³/mol. The molecule has 0 heterocycles. The van der Waals surface area contributed by atoms with E-state index in [4.69, 9.17) is 4.74 Å². The van der Waals surface area contributed by atoms with Gasteiger partial charge in [-0.3, -0.25) is 0 Å². The van der Waals surface area contributed by atoms with Gasteiger partial charge in [-0.05, 0) is 31.5 Å². The molecule has 0 saturated carbocycles. The van der Waals surface area contributed by atoms with Crippen LogP contribution in [0.15, 0.2) is 18.2 Å². The monoisotopic (exact) mass is 243 g/mol. The zero-order valence-corrected chi connectivity index (χ0v) is 10.3. The Hall–Kier alpha value is -1.16. The summed E-state index contributed by atoms with van der Waals surface area (Å²) < 4.78 is 31.3. The maximum absolute atomic E-state index is 13.0. The van der Waals surface area contributed by atoms with Gasteiger partial charge in [-0.1, -0.05) is 13.8 Å². The number of rotatable bonds is 7. The quantitative estimate of drug-likeness (QED) is 0.743. The molecular weight excluding hydrogens is 224 g/mol. The molecule has 0 aliphatic heterocycles. The molecule has 0 radical (unpaired) electrons. The third-order valence-corrected chi connectivity index (χ3v) is 2.45. The molecule has 4 heteroatoms. The van der Waals surface area contributed by atoms with Gasteiger partial charge in [-0.15, -0.1) is 0 Å². The molecule has 0 aromatic heterocycles. The van der Waals surface area contributed by atoms with Crippen LogP contribution in [-0.4, -0.2) is 19.2 Å². The SMILES string of the molecule is CCCNCC(CC)Oc1ccc(F)c(F)c1. The van der Waals surface area contributed by atoms with Gasteiger partial charge in [0, 0.05) is 12.6 Å². The third kappa shape index (κ3) is 4.69. The fraction of sp³-hybridized carbons (Fsp3) is 0.538. The van der Waals surface area contributed by atoms with Gasteiger partial charge in [0.2, 0.25) is 0 Å². The first-order chi connectivity index (χ1) is 8.17. The van der Waals surface area contributed by atoms with Crippen molar-refractivity contribution in [1.29, 1.82) is 0 Å². The molecule has 96 valence electrons. The summed E-state index contributed by atoms with van der Waals surface area (Å²) in [6.07, 6.45) is 1.85. The molecular formula is C13H19F2NO. The van der Waals surface area contributed by atoms with Crippen LogP contribution in [0.4, 0.5) is 8.78 Å². The van der Waals surface area contributed by atoms with Crippen molar-refractivity contribution in [2.75, 3.05) is 13.1 Å². The van der Waals surface area contributed by atoms with Gasteiger partial charge in [0.1, 0.15) is 11.9 Å². The van der Waals surface area contributed by atoms with E-state index >= 15 is 0 Å². The topological polar surface area (TPSA) is 21.3 Å². The van der Waals surface area contributed by atoms with Crippen LogP contribution in [0.2, 0.25) is 0 Å². The Bertz CT molecular complexity index is 344. The molecule has 2 nitrogen and oxygen atoms in total. The molecule has 1 unspecified atom stereocenters. The Morgan fingerprint density at radius 2 is 2.00 bits per heavy atom. The first-order valence-electron chi connectivity index (χ1n) is 5.99. The van der Waals surface area contributed by atoms with Crippen molar-refractivity contribution in [2.24, 2.45) is 0 Å². The predicted octanol–water partition coefficient (Wildman–Crippen LogP) is 3.12. The van der Waals surface area contributed by atoms with Crippen LogP contribution < -0.4 is 10.1 Å². The van der Waals surface area contributed by atoms with E-state index < -0.39 is 11.6 Å². The van der Waals surface area contributed by atoms with Crippen LogP contribution in [0.5, 0.6) is 5.75 Å². The Balaban J connectivity index is 2.51. The van der Waals surface area contributed by atoms with Gasteiger partial charge in [0.25, 0.3) is 0 Å². The summed E-state index contributed by atoms with van der Waals surface area (Å²) in [7, 11) is 0. The van der Waals surface area contributed by atoms with E-state index in [-0.39, 0.29) is 6.10 Å². The molecule has 1 atom stereocenters. The number of nitrogens with one attached hydrogen (secondary N) is 1. The van der Waals surface area contributed by atoms with E-state index in [9.17, 15) is 8.78 Å². The van der Waals surface area contributed by atoms with E-state index in [0.717, 1.165) is 31.5 Å². The van der Waals surface area contributed by atoms with Crippen LogP contribution in [0.25, 0.3) is 0 Å². The van der Waals surface area contributed by atoms with Gasteiger partial charge in [0.05, 0.1) is 0 Å². The highest BCUT2D eigenvalue weighted by atomic mass is 19.2. The normalized spacial score (nSPS) is 12.5. The molecule has 17 heavy (non-hydrogen) atoms. The van der Waals surface area contributed by atoms with Gasteiger partial charge in [0.15, 0.2) is 11.6 Å². The molecule has 1 aromatic carbocycles. The highest BCUT2D eigenvalue weighted by Gasteiger charge is 2.09. The maximum atomic E-state index is 13.0. The number of ether oxygens (including phenoxy) is 1. The summed E-state index contributed by atoms with van der Waals surface area (Å²) in [5, 5.41) is 3.24. The Labute approximate surface area is 101 Å². The molecule has 0 bridgehead atoms. The molecule has 1 aromatic rings. The molecule has 1 N–H and O–H groups in total. The largest absolute Gasteiger partial charge is 0.489 e. The zero-order chi connectivity index (χ0) is 12.7. The van der Waals surface area contributed by atoms with E-state index in [0.29, 0.717) is 12.3 Å². The summed E-state index contributed by atoms with van der Waals surface area (Å²) in [6, 6.07) is 3.61. The van der Waals surface area contributed by atoms with Crippen LogP contribution >= 0.6 is 0 Å². The van der Waals surface area contributed by atoms with Crippen LogP contribution in [-0.2, 0) is 0 Å². The maximum Gasteiger partial charge on any atom is 0.162 e. The number of hydrogen-bond donors (Lipinski definition) is 1. The first kappa shape index (κ1) is 13.9. The Kier molecular flexibility index (Phi) is 5.91. The highest BCUT2D eigenvalue weighted by Crippen LogP contribution is 2.17. The summed E-state index contributed by atoms with van der Waals surface area (Å²) in [5.41, 5.74) is 0. The van der Waals surface area contributed by atoms with Crippen LogP contribution in [0.1, 0.15) is 26.7 Å². The van der Waals surface area contributed by atoms with Crippen LogP contribution in [0.3, 0.4) is 0 Å². The van der Waals surface area contributed by atoms with Crippen molar-refractivity contribution in [2.45, 2.75) is 32.8 Å². The van der Waals surface area contributed by atoms with Gasteiger partial charge < -0.3 is 10.1 Å². The lowest BCUT2D eigenvalue weighted by atomic mass is 10.2. The van der Waals surface area contributed by atoms with E-state index in [1.807, 2.05) is 6.92 Å². The lowest BCUT2D eigenvalue weighted by Crippen LogP contribution is -2.31. The number of hydrogen-bond acceptors (Lipinski definition) is 2. The number of benzene rings is 1. The lowest BCUT2D eigenvalue weighted by molar-refractivity contribution is 0.192. The fourth-order valence-corrected chi connectivity index (χ4v) is 1.45. The molecule has 0 aliphatic carbocycles. The first-order valence-corrected chi connectivity index (χ1v) is 5.99. The van der Waals surface area contributed by atoms with Crippen molar-refractivity contribution in [1.82, 2.24) is 5.32 Å². The van der Waals surface area contributed by atoms with Crippen molar-refractivity contribution in [3.05, 3.63) is 29.8 Å². The van der Waals surface area contributed by atoms with E-state index in [1.54, 1.807) is 0 Å². The Morgan fingerprint density at radius 1 is 1.24 bits per heavy atom. The number of halogens is 2. The Morgan fingerprint density at radius 3 is 2.59 bits per heavy atom. The second kappa shape index (κ2) is 7.22. The van der Waals surface area contributed by atoms with Gasteiger partial charge >= 0.3 is 0 Å². The average Bonchev–Trinajstić information content (AvgIpc) is 2.32. The van der Waals surface area contributed by atoms with Crippen molar-refractivity contribution >= 4 is 0 Å². The molecule has 1 rings (SSSR count). The second-order valence-electron chi connectivity index (χ2n) is 3.93. The molecule has 0 amide bonds. The fourth-order valence-electron chi connectivity index (χ4n) is 1.45. The van der Waals surface area contributed by atoms with E-state index in [2.05, 4.69) is 12.2 Å². The average molecular weight is 243 g/mol. The molecule has 0 spiro atoms. The smallest absolute Gasteiger partial charge is 0.162 e. The minimum absolute atomic E-state index is 0.0218. The zero-order valence-electron chi connectivity index (χ0n) is 10.3. The van der Waals surface area contributed by atoms with Gasteiger partial charge in [-0.25, -0.2) is 8.78 Å². The minimum atomic E-state index is -0.876. The van der Waals surface area contributed by atoms with Gasteiger partial charge in [-0.2, -0.15) is 0 Å². The summed E-state index contributed by atoms with van der Waals surface area (Å²) >= 11 is 0. The van der Waals surface area contributed by atoms with Crippen molar-refractivity contribution < 1.29 is 13.5 Å². The standard InChI is InChI=1S/C13H19F2NO/c1-3-7-16-9-10(4-2)17-11-5-6-12(14)13(15)8-11/h5-6,8,10,16H,3-4,7,9H2,1-2H3. The summed E-state index contributed by atoms with van der Waals surface area (Å²) in [4.78, 5) is 0. The lowest BCUT2D eigenvalue weighted by Gasteiger charge is -2.18. The highest BCUT2D eigenvalue weighted by molar-refractivity contribution is 5.23. The summed E-state index contributed by atoms with van der Waals surface area (Å²) in [5.74, 6) is -1.36. The molecule has 0 aliphatic rings. The van der Waals surface area contributed by atoms with Crippen LogP contribution in [0, 0.1) is 11.6 Å². The molecule has 0 fully saturated rings. The van der Waals surface area contributed by atoms with E-state index in [1.165, 1.54) is 6.07 Å². The second-order valence-corrected chi connectivity index (χ2v) is 3.93. The minimum Gasteiger partial charge on any atom is -0.489 e. The summed E-state index contributed by atoms with van der Waals surface area (Å²) in [6.45, 7) is 5.73. The van der Waals surface area contributed by atoms with Crippen molar-refractivity contribution in [3.63, 3.8) is 0 Å². The van der Waals surface area contributed by atoms with Crippen molar-refractivity contribution in [3.8, 4) is 5.75 Å². The third-order valence-electron chi connectivity index (χ3n) is 2.45.